The van der Waals surface area contributed by atoms with E-state index >= 15 is 0 Å². The van der Waals surface area contributed by atoms with Gasteiger partial charge in [0.15, 0.2) is 0 Å². The Morgan fingerprint density at radius 2 is 1.32 bits per heavy atom. The van der Waals surface area contributed by atoms with Crippen molar-refractivity contribution in [2.24, 2.45) is 0 Å². The average molecular weight is 675 g/mol. The molecule has 244 valence electrons. The first kappa shape index (κ1) is 33.6. The molecule has 0 aliphatic heterocycles. The molecule has 0 saturated heterocycles. The highest BCUT2D eigenvalue weighted by atomic mass is 35.5. The van der Waals surface area contributed by atoms with Crippen molar-refractivity contribution in [2.75, 3.05) is 45.7 Å². The van der Waals surface area contributed by atoms with Crippen molar-refractivity contribution in [3.63, 3.8) is 0 Å². The molecule has 0 unspecified atom stereocenters. The number of rotatable bonds is 11. The van der Waals surface area contributed by atoms with Crippen LogP contribution in [0.25, 0.3) is 21.8 Å². The summed E-state index contributed by atoms with van der Waals surface area (Å²) in [5.74, 6) is 0.954. The Labute approximate surface area is 284 Å². The molecule has 0 bridgehead atoms. The molecule has 2 amide bonds. The molecule has 5 rings (SSSR count). The van der Waals surface area contributed by atoms with Crippen molar-refractivity contribution in [1.29, 1.82) is 0 Å². The van der Waals surface area contributed by atoms with Crippen LogP contribution in [0.3, 0.4) is 0 Å². The van der Waals surface area contributed by atoms with Gasteiger partial charge in [0.2, 0.25) is 0 Å². The maximum absolute atomic E-state index is 12.8. The molecule has 11 heteroatoms. The molecule has 0 radical (unpaired) electrons. The average Bonchev–Trinajstić information content (AvgIpc) is 3.03. The number of carbonyl (C=O) groups is 2. The van der Waals surface area contributed by atoms with Gasteiger partial charge in [0.25, 0.3) is 0 Å². The highest BCUT2D eigenvalue weighted by Gasteiger charge is 2.18. The number of nitrogens with zero attached hydrogens (tertiary/aromatic N) is 2. The second-order valence-electron chi connectivity index (χ2n) is 11.8. The van der Waals surface area contributed by atoms with E-state index in [2.05, 4.69) is 20.9 Å². The highest BCUT2D eigenvalue weighted by Crippen LogP contribution is 2.34. The summed E-state index contributed by atoms with van der Waals surface area (Å²) in [5.41, 5.74) is 5.20. The monoisotopic (exact) mass is 673 g/mol. The topological polar surface area (TPSA) is 105 Å². The van der Waals surface area contributed by atoms with Gasteiger partial charge < -0.3 is 19.7 Å². The maximum atomic E-state index is 12.8. The summed E-state index contributed by atoms with van der Waals surface area (Å²) in [4.78, 5) is 32.4. The molecule has 1 aromatic heterocycles. The minimum atomic E-state index is -0.677. The van der Waals surface area contributed by atoms with E-state index in [-0.39, 0.29) is 6.61 Å². The minimum Gasteiger partial charge on any atom is -0.444 e. The first-order chi connectivity index (χ1) is 22.6. The van der Waals surface area contributed by atoms with Crippen LogP contribution in [0.2, 0.25) is 0 Å². The van der Waals surface area contributed by atoms with E-state index in [4.69, 9.17) is 37.7 Å². The lowest BCUT2D eigenvalue weighted by atomic mass is 10.1. The van der Waals surface area contributed by atoms with Crippen molar-refractivity contribution in [1.82, 2.24) is 4.98 Å². The quantitative estimate of drug-likeness (QED) is 0.0947. The molecule has 0 aliphatic rings. The van der Waals surface area contributed by atoms with E-state index in [9.17, 15) is 9.59 Å². The van der Waals surface area contributed by atoms with Crippen LogP contribution in [-0.4, -0.2) is 47.6 Å². The van der Waals surface area contributed by atoms with E-state index < -0.39 is 17.8 Å². The number of benzene rings is 4. The summed E-state index contributed by atoms with van der Waals surface area (Å²) in [6.45, 7) is 6.66. The number of carbonyl (C=O) groups excluding carboxylic acids is 2. The van der Waals surface area contributed by atoms with E-state index in [0.717, 1.165) is 33.2 Å². The minimum absolute atomic E-state index is 0.0561. The number of fused-ring (bicyclic) bond motifs is 2. The standard InChI is InChI=1S/C36H37Cl2N5O4/c1-36(2,3)47-35(45)41-27-21-24(23-46-34(44)40-25-12-14-28(15-13-25)43(18-16-37)19-17-38)20-26(22-27)39-33-29-8-4-6-10-31(29)42-32-11-7-5-9-30(32)33/h4-15,20-22H,16-19,23H2,1-3H3,(H,39,42)(H,40,44)(H,41,45). The fourth-order valence-corrected chi connectivity index (χ4v) is 5.50. The van der Waals surface area contributed by atoms with Crippen LogP contribution in [0.15, 0.2) is 91.0 Å². The van der Waals surface area contributed by atoms with Gasteiger partial charge in [-0.3, -0.25) is 10.6 Å². The molecular weight excluding hydrogens is 637 g/mol. The third kappa shape index (κ3) is 9.18. The van der Waals surface area contributed by atoms with Crippen molar-refractivity contribution >= 4 is 85.6 Å². The molecule has 3 N–H and O–H groups in total. The van der Waals surface area contributed by atoms with Crippen LogP contribution < -0.4 is 20.9 Å². The van der Waals surface area contributed by atoms with Crippen molar-refractivity contribution in [3.05, 3.63) is 96.6 Å². The largest absolute Gasteiger partial charge is 0.444 e. The number of aromatic nitrogens is 1. The van der Waals surface area contributed by atoms with Gasteiger partial charge >= 0.3 is 12.2 Å². The molecule has 5 aromatic rings. The summed E-state index contributed by atoms with van der Waals surface area (Å²) in [5, 5.41) is 11.0. The zero-order valence-corrected chi connectivity index (χ0v) is 28.0. The Bertz CT molecular complexity index is 1800. The van der Waals surface area contributed by atoms with Crippen LogP contribution in [0.5, 0.6) is 0 Å². The Balaban J connectivity index is 1.37. The Kier molecular flexibility index (Phi) is 10.9. The third-order valence-corrected chi connectivity index (χ3v) is 7.39. The Morgan fingerprint density at radius 1 is 0.745 bits per heavy atom. The van der Waals surface area contributed by atoms with E-state index in [1.165, 1.54) is 0 Å². The Hall–Kier alpha value is -4.73. The second-order valence-corrected chi connectivity index (χ2v) is 12.6. The number of ether oxygens (including phenoxy) is 2. The van der Waals surface area contributed by atoms with Gasteiger partial charge in [-0.2, -0.15) is 0 Å². The van der Waals surface area contributed by atoms with Crippen molar-refractivity contribution in [3.8, 4) is 0 Å². The number of alkyl halides is 2. The van der Waals surface area contributed by atoms with E-state index in [1.54, 1.807) is 45.0 Å². The molecule has 1 heterocycles. The summed E-state index contributed by atoms with van der Waals surface area (Å²) in [6.07, 6.45) is -1.22. The van der Waals surface area contributed by atoms with Gasteiger partial charge in [-0.1, -0.05) is 36.4 Å². The normalized spacial score (nSPS) is 11.3. The first-order valence-corrected chi connectivity index (χ1v) is 16.3. The summed E-state index contributed by atoms with van der Waals surface area (Å²) in [7, 11) is 0. The predicted molar refractivity (Wildman–Crippen MR) is 193 cm³/mol. The summed E-state index contributed by atoms with van der Waals surface area (Å²) in [6, 6.07) is 28.6. The molecule has 9 nitrogen and oxygen atoms in total. The number of hydrogen-bond acceptors (Lipinski definition) is 7. The van der Waals surface area contributed by atoms with Crippen LogP contribution in [-0.2, 0) is 16.1 Å². The number of para-hydroxylation sites is 2. The van der Waals surface area contributed by atoms with Gasteiger partial charge in [-0.25, -0.2) is 14.6 Å². The first-order valence-electron chi connectivity index (χ1n) is 15.2. The number of anilines is 5. The number of nitrogens with one attached hydrogen (secondary N) is 3. The van der Waals surface area contributed by atoms with E-state index in [0.29, 0.717) is 47.5 Å². The predicted octanol–water partition coefficient (Wildman–Crippen LogP) is 9.51. The zero-order chi connectivity index (χ0) is 33.4. The van der Waals surface area contributed by atoms with Crippen LogP contribution in [0.4, 0.5) is 38.0 Å². The smallest absolute Gasteiger partial charge is 0.412 e. The molecule has 47 heavy (non-hydrogen) atoms. The highest BCUT2D eigenvalue weighted by molar-refractivity contribution is 6.18. The SMILES string of the molecule is CC(C)(C)OC(=O)Nc1cc(COC(=O)Nc2ccc(N(CCCl)CCCl)cc2)cc(Nc2c3ccccc3nc3ccccc23)c1. The molecule has 0 aliphatic carbocycles. The Morgan fingerprint density at radius 3 is 1.91 bits per heavy atom. The number of halogens is 2. The zero-order valence-electron chi connectivity index (χ0n) is 26.5. The van der Waals surface area contributed by atoms with Crippen LogP contribution >= 0.6 is 23.2 Å². The summed E-state index contributed by atoms with van der Waals surface area (Å²) >= 11 is 11.9. The number of amides is 2. The molecule has 0 atom stereocenters. The summed E-state index contributed by atoms with van der Waals surface area (Å²) < 4.78 is 11.1. The lowest BCUT2D eigenvalue weighted by Gasteiger charge is -2.23. The van der Waals surface area contributed by atoms with Crippen molar-refractivity contribution in [2.45, 2.75) is 33.0 Å². The fraction of sp³-hybridized carbons (Fsp3) is 0.250. The van der Waals surface area contributed by atoms with Gasteiger partial charge in [-0.05, 0) is 80.9 Å². The molecular formula is C36H37Cl2N5O4. The van der Waals surface area contributed by atoms with Crippen LogP contribution in [0, 0.1) is 0 Å². The van der Waals surface area contributed by atoms with Crippen molar-refractivity contribution < 1.29 is 19.1 Å². The number of hydrogen-bond donors (Lipinski definition) is 3. The lowest BCUT2D eigenvalue weighted by molar-refractivity contribution is 0.0635. The van der Waals surface area contributed by atoms with Gasteiger partial charge in [0.05, 0.1) is 16.7 Å². The van der Waals surface area contributed by atoms with Crippen LogP contribution in [0.1, 0.15) is 26.3 Å². The number of pyridine rings is 1. The van der Waals surface area contributed by atoms with Gasteiger partial charge in [0, 0.05) is 58.4 Å². The third-order valence-electron chi connectivity index (χ3n) is 7.05. The second kappa shape index (κ2) is 15.2. The molecule has 0 spiro atoms. The van der Waals surface area contributed by atoms with Gasteiger partial charge in [0.1, 0.15) is 12.2 Å². The fourth-order valence-electron chi connectivity index (χ4n) is 5.09. The van der Waals surface area contributed by atoms with Gasteiger partial charge in [-0.15, -0.1) is 23.2 Å². The molecule has 4 aromatic carbocycles. The lowest BCUT2D eigenvalue weighted by Crippen LogP contribution is -2.27. The molecule has 0 saturated carbocycles. The molecule has 0 fully saturated rings. The van der Waals surface area contributed by atoms with E-state index in [1.807, 2.05) is 66.7 Å². The maximum Gasteiger partial charge on any atom is 0.412 e.